The standard InChI is InChI=1S/C26H33N3O4S/c1-2-3-4-5-6-7-8-9-13-21-28(34(32,33)22-15-11-10-12-16-22)25-19-18-24(29(30)31)23-17-14-20-27-26(23)25/h10-12,14-20H,2-9,13,21H2,1H3. The van der Waals surface area contributed by atoms with Gasteiger partial charge in [-0.15, -0.1) is 0 Å². The topological polar surface area (TPSA) is 93.4 Å². The molecule has 0 radical (unpaired) electrons. The first-order chi connectivity index (χ1) is 16.5. The second-order valence-corrected chi connectivity index (χ2v) is 10.3. The van der Waals surface area contributed by atoms with Crippen LogP contribution in [0.15, 0.2) is 65.7 Å². The fourth-order valence-electron chi connectivity index (χ4n) is 4.16. The molecule has 0 aliphatic heterocycles. The van der Waals surface area contributed by atoms with E-state index in [4.69, 9.17) is 0 Å². The van der Waals surface area contributed by atoms with Crippen molar-refractivity contribution < 1.29 is 13.3 Å². The largest absolute Gasteiger partial charge is 0.278 e. The highest BCUT2D eigenvalue weighted by molar-refractivity contribution is 7.92. The van der Waals surface area contributed by atoms with E-state index in [-0.39, 0.29) is 17.1 Å². The predicted molar refractivity (Wildman–Crippen MR) is 137 cm³/mol. The Hall–Kier alpha value is -3.00. The molecule has 0 saturated heterocycles. The number of sulfonamides is 1. The normalized spacial score (nSPS) is 11.6. The van der Waals surface area contributed by atoms with Crippen molar-refractivity contribution in [3.63, 3.8) is 0 Å². The van der Waals surface area contributed by atoms with Crippen molar-refractivity contribution in [1.82, 2.24) is 4.98 Å². The Morgan fingerprint density at radius 1 is 0.853 bits per heavy atom. The lowest BCUT2D eigenvalue weighted by atomic mass is 10.1. The van der Waals surface area contributed by atoms with E-state index in [2.05, 4.69) is 11.9 Å². The summed E-state index contributed by atoms with van der Waals surface area (Å²) in [7, 11) is -3.86. The quantitative estimate of drug-likeness (QED) is 0.142. The molecule has 0 bridgehead atoms. The number of hydrogen-bond donors (Lipinski definition) is 0. The number of fused-ring (bicyclic) bond motifs is 1. The number of unbranched alkanes of at least 4 members (excludes halogenated alkanes) is 8. The van der Waals surface area contributed by atoms with E-state index >= 15 is 0 Å². The zero-order chi connectivity index (χ0) is 24.4. The summed E-state index contributed by atoms with van der Waals surface area (Å²) in [4.78, 5) is 15.6. The van der Waals surface area contributed by atoms with Crippen molar-refractivity contribution in [3.05, 3.63) is 70.9 Å². The van der Waals surface area contributed by atoms with Gasteiger partial charge in [-0.3, -0.25) is 19.4 Å². The molecule has 7 nitrogen and oxygen atoms in total. The first-order valence-electron chi connectivity index (χ1n) is 12.1. The van der Waals surface area contributed by atoms with Gasteiger partial charge in [-0.1, -0.05) is 76.5 Å². The molecule has 0 atom stereocenters. The molecule has 3 aromatic rings. The third-order valence-electron chi connectivity index (χ3n) is 5.99. The van der Waals surface area contributed by atoms with Crippen LogP contribution < -0.4 is 4.31 Å². The summed E-state index contributed by atoms with van der Waals surface area (Å²) in [6.45, 7) is 2.50. The molecular weight excluding hydrogens is 450 g/mol. The molecule has 1 aromatic heterocycles. The summed E-state index contributed by atoms with van der Waals surface area (Å²) in [6, 6.07) is 14.4. The fraction of sp³-hybridized carbons (Fsp3) is 0.423. The smallest absolute Gasteiger partial charge is 0.264 e. The molecule has 8 heteroatoms. The van der Waals surface area contributed by atoms with Crippen LogP contribution in [0.25, 0.3) is 10.9 Å². The number of anilines is 1. The van der Waals surface area contributed by atoms with Crippen LogP contribution >= 0.6 is 0 Å². The van der Waals surface area contributed by atoms with Gasteiger partial charge in [0.05, 0.1) is 20.9 Å². The molecule has 0 aliphatic carbocycles. The first-order valence-corrected chi connectivity index (χ1v) is 13.5. The molecule has 0 aliphatic rings. The number of nitro benzene ring substituents is 1. The van der Waals surface area contributed by atoms with Gasteiger partial charge in [0.2, 0.25) is 0 Å². The van der Waals surface area contributed by atoms with Gasteiger partial charge < -0.3 is 0 Å². The van der Waals surface area contributed by atoms with Crippen molar-refractivity contribution in [2.24, 2.45) is 0 Å². The zero-order valence-electron chi connectivity index (χ0n) is 19.7. The lowest BCUT2D eigenvalue weighted by Crippen LogP contribution is -2.32. The van der Waals surface area contributed by atoms with E-state index in [0.717, 1.165) is 19.3 Å². The van der Waals surface area contributed by atoms with Gasteiger partial charge in [-0.05, 0) is 36.8 Å². The highest BCUT2D eigenvalue weighted by atomic mass is 32.2. The third kappa shape index (κ3) is 6.32. The van der Waals surface area contributed by atoms with Gasteiger partial charge in [0.25, 0.3) is 15.7 Å². The van der Waals surface area contributed by atoms with Crippen molar-refractivity contribution in [2.75, 3.05) is 10.8 Å². The maximum absolute atomic E-state index is 13.6. The van der Waals surface area contributed by atoms with Gasteiger partial charge in [-0.2, -0.15) is 0 Å². The highest BCUT2D eigenvalue weighted by Crippen LogP contribution is 2.35. The summed E-state index contributed by atoms with van der Waals surface area (Å²) >= 11 is 0. The minimum Gasteiger partial charge on any atom is -0.264 e. The lowest BCUT2D eigenvalue weighted by Gasteiger charge is -2.25. The van der Waals surface area contributed by atoms with Crippen molar-refractivity contribution in [3.8, 4) is 0 Å². The number of nitrogens with zero attached hydrogens (tertiary/aromatic N) is 3. The number of hydrogen-bond acceptors (Lipinski definition) is 5. The number of pyridine rings is 1. The number of nitro groups is 1. The summed E-state index contributed by atoms with van der Waals surface area (Å²) in [5.74, 6) is 0. The van der Waals surface area contributed by atoms with Crippen LogP contribution in [0.5, 0.6) is 0 Å². The third-order valence-corrected chi connectivity index (χ3v) is 7.81. The lowest BCUT2D eigenvalue weighted by molar-refractivity contribution is -0.383. The summed E-state index contributed by atoms with van der Waals surface area (Å²) in [6.07, 6.45) is 11.6. The van der Waals surface area contributed by atoms with Gasteiger partial charge in [0, 0.05) is 18.8 Å². The molecule has 34 heavy (non-hydrogen) atoms. The Kier molecular flexibility index (Phi) is 9.39. The van der Waals surface area contributed by atoms with E-state index in [1.807, 2.05) is 0 Å². The molecule has 0 saturated carbocycles. The van der Waals surface area contributed by atoms with Crippen molar-refractivity contribution in [2.45, 2.75) is 69.6 Å². The van der Waals surface area contributed by atoms with Crippen LogP contribution in [0.3, 0.4) is 0 Å². The molecule has 0 amide bonds. The molecule has 0 unspecified atom stereocenters. The number of rotatable bonds is 14. The van der Waals surface area contributed by atoms with Crippen molar-refractivity contribution >= 4 is 32.3 Å². The molecular formula is C26H33N3O4S. The van der Waals surface area contributed by atoms with Crippen LogP contribution in [0.2, 0.25) is 0 Å². The zero-order valence-corrected chi connectivity index (χ0v) is 20.5. The molecule has 3 rings (SSSR count). The Bertz CT molecular complexity index is 1180. The number of non-ortho nitro benzene ring substituents is 1. The van der Waals surface area contributed by atoms with Crippen LogP contribution in [0, 0.1) is 10.1 Å². The van der Waals surface area contributed by atoms with E-state index < -0.39 is 14.9 Å². The second kappa shape index (κ2) is 12.5. The van der Waals surface area contributed by atoms with E-state index in [9.17, 15) is 18.5 Å². The Balaban J connectivity index is 1.84. The molecule has 1 heterocycles. The van der Waals surface area contributed by atoms with Crippen LogP contribution in [-0.2, 0) is 10.0 Å². The van der Waals surface area contributed by atoms with Gasteiger partial charge in [0.15, 0.2) is 0 Å². The van der Waals surface area contributed by atoms with Gasteiger partial charge in [0.1, 0.15) is 5.52 Å². The summed E-state index contributed by atoms with van der Waals surface area (Å²) in [5.41, 5.74) is 0.587. The van der Waals surface area contributed by atoms with E-state index in [1.54, 1.807) is 42.5 Å². The SMILES string of the molecule is CCCCCCCCCCCN(c1ccc([N+](=O)[O-])c2cccnc12)S(=O)(=O)c1ccccc1. The molecule has 0 spiro atoms. The summed E-state index contributed by atoms with van der Waals surface area (Å²) < 4.78 is 28.6. The van der Waals surface area contributed by atoms with Crippen molar-refractivity contribution in [1.29, 1.82) is 0 Å². The van der Waals surface area contributed by atoms with Crippen LogP contribution in [-0.4, -0.2) is 24.9 Å². The minimum atomic E-state index is -3.86. The molecule has 0 N–H and O–H groups in total. The van der Waals surface area contributed by atoms with Crippen LogP contribution in [0.1, 0.15) is 64.7 Å². The Labute approximate surface area is 202 Å². The minimum absolute atomic E-state index is 0.0908. The fourth-order valence-corrected chi connectivity index (χ4v) is 5.69. The monoisotopic (exact) mass is 483 g/mol. The Morgan fingerprint density at radius 3 is 2.15 bits per heavy atom. The number of aromatic nitrogens is 1. The first kappa shape index (κ1) is 25.6. The molecule has 182 valence electrons. The average Bonchev–Trinajstić information content (AvgIpc) is 2.85. The highest BCUT2D eigenvalue weighted by Gasteiger charge is 2.28. The number of benzene rings is 2. The van der Waals surface area contributed by atoms with Gasteiger partial charge >= 0.3 is 0 Å². The average molecular weight is 484 g/mol. The molecule has 2 aromatic carbocycles. The predicted octanol–water partition coefficient (Wildman–Crippen LogP) is 6.87. The maximum atomic E-state index is 13.6. The second-order valence-electron chi connectivity index (χ2n) is 8.48. The van der Waals surface area contributed by atoms with Crippen LogP contribution in [0.4, 0.5) is 11.4 Å². The van der Waals surface area contributed by atoms with E-state index in [1.165, 1.54) is 54.7 Å². The maximum Gasteiger partial charge on any atom is 0.278 e. The van der Waals surface area contributed by atoms with Gasteiger partial charge in [-0.25, -0.2) is 8.42 Å². The van der Waals surface area contributed by atoms with E-state index in [0.29, 0.717) is 23.0 Å². The molecule has 0 fully saturated rings. The summed E-state index contributed by atoms with van der Waals surface area (Å²) in [5, 5.41) is 11.8. The Morgan fingerprint density at radius 2 is 1.50 bits per heavy atom.